The summed E-state index contributed by atoms with van der Waals surface area (Å²) in [6, 6.07) is 18.1. The van der Waals surface area contributed by atoms with Gasteiger partial charge in [-0.05, 0) is 12.1 Å². The Morgan fingerprint density at radius 3 is 2.43 bits per heavy atom. The Balaban J connectivity index is 0.00000161. The number of para-hydroxylation sites is 2. The van der Waals surface area contributed by atoms with Gasteiger partial charge in [-0.1, -0.05) is 12.1 Å². The topological polar surface area (TPSA) is 35.9 Å². The van der Waals surface area contributed by atoms with Crippen LogP contribution >= 0.6 is 0 Å². The number of amides is 2. The van der Waals surface area contributed by atoms with Crippen LogP contribution in [0.15, 0.2) is 53.5 Å². The smallest absolute Gasteiger partial charge is 0.320 e. The van der Waals surface area contributed by atoms with Crippen LogP contribution in [-0.4, -0.2) is 30.9 Å². The summed E-state index contributed by atoms with van der Waals surface area (Å²) >= 11 is 0. The quantitative estimate of drug-likeness (QED) is 0.608. The van der Waals surface area contributed by atoms with Crippen LogP contribution in [0, 0.1) is 6.07 Å². The maximum absolute atomic E-state index is 12.4. The molecular formula is C16H14IrN3O-. The number of hydrogen-bond donors (Lipinski definition) is 0. The Labute approximate surface area is 137 Å². The Hall–Kier alpha value is -1.97. The van der Waals surface area contributed by atoms with Gasteiger partial charge in [-0.3, -0.25) is 9.89 Å². The number of carbonyl (C=O) groups excluding carboxylic acids is 1. The molecule has 109 valence electrons. The van der Waals surface area contributed by atoms with Crippen LogP contribution in [0.1, 0.15) is 5.56 Å². The Bertz CT molecular complexity index is 685. The van der Waals surface area contributed by atoms with Gasteiger partial charge in [0.1, 0.15) is 0 Å². The first-order chi connectivity index (χ1) is 9.68. The molecular weight excluding hydrogens is 442 g/mol. The molecule has 1 heterocycles. The van der Waals surface area contributed by atoms with Gasteiger partial charge in [-0.25, -0.2) is 4.79 Å². The molecule has 3 rings (SSSR count). The average molecular weight is 457 g/mol. The molecule has 1 radical (unpaired) electrons. The van der Waals surface area contributed by atoms with E-state index in [0.717, 1.165) is 16.9 Å². The Morgan fingerprint density at radius 1 is 1.00 bits per heavy atom. The van der Waals surface area contributed by atoms with Crippen molar-refractivity contribution < 1.29 is 24.9 Å². The van der Waals surface area contributed by atoms with E-state index in [9.17, 15) is 4.79 Å². The number of benzene rings is 2. The van der Waals surface area contributed by atoms with Gasteiger partial charge >= 0.3 is 6.03 Å². The fraction of sp³-hybridized carbons (Fsp3) is 0.125. The minimum absolute atomic E-state index is 0. The summed E-state index contributed by atoms with van der Waals surface area (Å²) in [7, 11) is 3.48. The van der Waals surface area contributed by atoms with E-state index in [1.165, 1.54) is 0 Å². The van der Waals surface area contributed by atoms with Gasteiger partial charge in [0.15, 0.2) is 0 Å². The first-order valence-electron chi connectivity index (χ1n) is 6.34. The van der Waals surface area contributed by atoms with Gasteiger partial charge in [0.05, 0.1) is 17.2 Å². The monoisotopic (exact) mass is 457 g/mol. The van der Waals surface area contributed by atoms with E-state index in [-0.39, 0.29) is 26.1 Å². The van der Waals surface area contributed by atoms with Crippen LogP contribution in [-0.2, 0) is 20.1 Å². The third-order valence-corrected chi connectivity index (χ3v) is 3.31. The van der Waals surface area contributed by atoms with Gasteiger partial charge in [0.2, 0.25) is 0 Å². The van der Waals surface area contributed by atoms with Crippen LogP contribution < -0.4 is 4.90 Å². The van der Waals surface area contributed by atoms with Crippen molar-refractivity contribution in [3.63, 3.8) is 0 Å². The molecule has 2 aromatic carbocycles. The maximum Gasteiger partial charge on any atom is 0.321 e. The standard InChI is InChI=1S/C16H14N3O.Ir/c1-18-14-11-7-6-10-13(14)17-15(19(2)16(18)20)12-8-4-3-5-9-12;/h3-8,10-11H,1-2H3;/q-1;. The molecule has 0 fully saturated rings. The van der Waals surface area contributed by atoms with Crippen molar-refractivity contribution in [1.29, 1.82) is 0 Å². The summed E-state index contributed by atoms with van der Waals surface area (Å²) in [6.07, 6.45) is 0. The molecule has 0 atom stereocenters. The Morgan fingerprint density at radius 2 is 1.71 bits per heavy atom. The van der Waals surface area contributed by atoms with E-state index in [1.807, 2.05) is 48.5 Å². The van der Waals surface area contributed by atoms with Crippen molar-refractivity contribution in [2.45, 2.75) is 0 Å². The number of urea groups is 1. The van der Waals surface area contributed by atoms with E-state index < -0.39 is 0 Å². The third kappa shape index (κ3) is 2.75. The molecule has 0 unspecified atom stereocenters. The molecule has 0 aromatic heterocycles. The van der Waals surface area contributed by atoms with Crippen molar-refractivity contribution in [2.75, 3.05) is 19.0 Å². The fourth-order valence-electron chi connectivity index (χ4n) is 2.22. The van der Waals surface area contributed by atoms with Crippen molar-refractivity contribution in [3.8, 4) is 0 Å². The number of nitrogens with zero attached hydrogens (tertiary/aromatic N) is 3. The zero-order chi connectivity index (χ0) is 14.1. The van der Waals surface area contributed by atoms with Crippen LogP contribution in [0.4, 0.5) is 16.2 Å². The molecule has 0 bridgehead atoms. The van der Waals surface area contributed by atoms with Crippen molar-refractivity contribution in [2.24, 2.45) is 4.99 Å². The van der Waals surface area contributed by atoms with Gasteiger partial charge in [-0.2, -0.15) is 0 Å². The minimum atomic E-state index is -0.119. The predicted molar refractivity (Wildman–Crippen MR) is 79.5 cm³/mol. The summed E-state index contributed by atoms with van der Waals surface area (Å²) in [5, 5.41) is 0. The second kappa shape index (κ2) is 6.20. The Kier molecular flexibility index (Phi) is 4.56. The van der Waals surface area contributed by atoms with Crippen molar-refractivity contribution >= 4 is 23.2 Å². The van der Waals surface area contributed by atoms with Crippen LogP contribution in [0.5, 0.6) is 0 Å². The summed E-state index contributed by atoms with van der Waals surface area (Å²) < 4.78 is 0. The molecule has 0 saturated carbocycles. The molecule has 1 aliphatic rings. The number of anilines is 1. The normalized spacial score (nSPS) is 14.0. The van der Waals surface area contributed by atoms with E-state index in [2.05, 4.69) is 11.1 Å². The number of carbonyl (C=O) groups is 1. The molecule has 1 aliphatic heterocycles. The van der Waals surface area contributed by atoms with Gasteiger partial charge in [0, 0.05) is 34.2 Å². The first-order valence-corrected chi connectivity index (χ1v) is 6.34. The van der Waals surface area contributed by atoms with Gasteiger partial charge < -0.3 is 4.90 Å². The van der Waals surface area contributed by atoms with Gasteiger partial charge in [-0.15, -0.1) is 35.9 Å². The second-order valence-electron chi connectivity index (χ2n) is 4.60. The molecule has 0 spiro atoms. The number of hydrogen-bond acceptors (Lipinski definition) is 2. The van der Waals surface area contributed by atoms with E-state index >= 15 is 0 Å². The molecule has 2 amide bonds. The van der Waals surface area contributed by atoms with Crippen molar-refractivity contribution in [1.82, 2.24) is 4.90 Å². The minimum Gasteiger partial charge on any atom is -0.320 e. The molecule has 21 heavy (non-hydrogen) atoms. The van der Waals surface area contributed by atoms with E-state index in [0.29, 0.717) is 5.84 Å². The summed E-state index contributed by atoms with van der Waals surface area (Å²) in [5.74, 6) is 0.604. The average Bonchev–Trinajstić information content (AvgIpc) is 2.60. The second-order valence-corrected chi connectivity index (χ2v) is 4.60. The summed E-state index contributed by atoms with van der Waals surface area (Å²) in [5.41, 5.74) is 2.38. The fourth-order valence-corrected chi connectivity index (χ4v) is 2.22. The molecule has 2 aromatic rings. The summed E-state index contributed by atoms with van der Waals surface area (Å²) in [4.78, 5) is 20.2. The van der Waals surface area contributed by atoms with Crippen molar-refractivity contribution in [3.05, 3.63) is 60.2 Å². The molecule has 0 saturated heterocycles. The van der Waals surface area contributed by atoms with Crippen LogP contribution in [0.2, 0.25) is 0 Å². The zero-order valence-corrected chi connectivity index (χ0v) is 14.1. The van der Waals surface area contributed by atoms with Gasteiger partial charge in [0.25, 0.3) is 0 Å². The molecule has 5 heteroatoms. The zero-order valence-electron chi connectivity index (χ0n) is 11.7. The number of fused-ring (bicyclic) bond motifs is 1. The van der Waals surface area contributed by atoms with Crippen LogP contribution in [0.3, 0.4) is 0 Å². The first kappa shape index (κ1) is 15.4. The predicted octanol–water partition coefficient (Wildman–Crippen LogP) is 3.06. The molecule has 4 nitrogen and oxygen atoms in total. The number of amidine groups is 1. The van der Waals surface area contributed by atoms with E-state index in [4.69, 9.17) is 0 Å². The maximum atomic E-state index is 12.4. The number of rotatable bonds is 1. The SMILES string of the molecule is CN1C(=O)N(C)c2ccccc2N=C1c1[c-]cccc1.[Ir]. The van der Waals surface area contributed by atoms with Crippen LogP contribution in [0.25, 0.3) is 0 Å². The molecule has 0 aliphatic carbocycles. The number of aliphatic imine (C=N–C) groups is 1. The summed E-state index contributed by atoms with van der Waals surface area (Å²) in [6.45, 7) is 0. The third-order valence-electron chi connectivity index (χ3n) is 3.31. The molecule has 0 N–H and O–H groups in total. The largest absolute Gasteiger partial charge is 0.321 e. The van der Waals surface area contributed by atoms with E-state index in [1.54, 1.807) is 23.9 Å².